The van der Waals surface area contributed by atoms with Gasteiger partial charge in [0, 0.05) is 18.8 Å². The third-order valence-electron chi connectivity index (χ3n) is 3.99. The highest BCUT2D eigenvalue weighted by molar-refractivity contribution is 7.91. The van der Waals surface area contributed by atoms with E-state index in [-0.39, 0.29) is 23.5 Å². The molecule has 1 aliphatic rings. The van der Waals surface area contributed by atoms with E-state index in [1.165, 1.54) is 11.2 Å². The Labute approximate surface area is 128 Å². The summed E-state index contributed by atoms with van der Waals surface area (Å²) in [7, 11) is -1.41. The number of furan rings is 1. The zero-order chi connectivity index (χ0) is 15.9. The van der Waals surface area contributed by atoms with Crippen molar-refractivity contribution >= 4 is 15.7 Å². The molecule has 1 unspecified atom stereocenters. The molecule has 2 aromatic heterocycles. The van der Waals surface area contributed by atoms with Crippen LogP contribution in [0.15, 0.2) is 22.8 Å². The van der Waals surface area contributed by atoms with Crippen LogP contribution < -0.4 is 0 Å². The van der Waals surface area contributed by atoms with E-state index in [4.69, 9.17) is 4.42 Å². The van der Waals surface area contributed by atoms with Gasteiger partial charge in [0.25, 0.3) is 5.91 Å². The Bertz CT molecular complexity index is 792. The van der Waals surface area contributed by atoms with Crippen molar-refractivity contribution in [2.45, 2.75) is 19.4 Å². The van der Waals surface area contributed by atoms with E-state index in [9.17, 15) is 13.2 Å². The minimum Gasteiger partial charge on any atom is -0.463 e. The van der Waals surface area contributed by atoms with Crippen molar-refractivity contribution in [3.63, 3.8) is 0 Å². The molecule has 3 rings (SSSR count). The quantitative estimate of drug-likeness (QED) is 0.916. The lowest BCUT2D eigenvalue weighted by Gasteiger charge is -2.23. The molecule has 118 valence electrons. The number of H-pyrrole nitrogens is 1. The summed E-state index contributed by atoms with van der Waals surface area (Å²) in [5.41, 5.74) is 1.49. The van der Waals surface area contributed by atoms with Gasteiger partial charge in [0.2, 0.25) is 0 Å². The van der Waals surface area contributed by atoms with Gasteiger partial charge in [-0.25, -0.2) is 8.42 Å². The maximum Gasteiger partial charge on any atom is 0.258 e. The minimum atomic E-state index is -3.04. The number of aromatic nitrogens is 2. The summed E-state index contributed by atoms with van der Waals surface area (Å²) in [5.74, 6) is 0.396. The lowest BCUT2D eigenvalue weighted by Crippen LogP contribution is -2.38. The second kappa shape index (κ2) is 5.28. The molecule has 7 nitrogen and oxygen atoms in total. The number of sulfone groups is 1. The lowest BCUT2D eigenvalue weighted by atomic mass is 10.1. The second-order valence-electron chi connectivity index (χ2n) is 5.52. The SMILES string of the molecule is Cc1[nH]nc(-c2ccco2)c1C(=O)N(C)C1CCS(=O)(=O)C1. The van der Waals surface area contributed by atoms with Crippen molar-refractivity contribution in [3.8, 4) is 11.5 Å². The van der Waals surface area contributed by atoms with Crippen LogP contribution in [-0.2, 0) is 9.84 Å². The van der Waals surface area contributed by atoms with E-state index in [1.807, 2.05) is 0 Å². The average Bonchev–Trinajstić information content (AvgIpc) is 3.16. The molecule has 0 radical (unpaired) electrons. The van der Waals surface area contributed by atoms with E-state index in [1.54, 1.807) is 26.1 Å². The van der Waals surface area contributed by atoms with Crippen molar-refractivity contribution in [1.29, 1.82) is 0 Å². The summed E-state index contributed by atoms with van der Waals surface area (Å²) >= 11 is 0. The molecule has 3 heterocycles. The van der Waals surface area contributed by atoms with E-state index in [0.717, 1.165) is 0 Å². The average molecular weight is 323 g/mol. The van der Waals surface area contributed by atoms with Crippen LogP contribution in [0, 0.1) is 6.92 Å². The van der Waals surface area contributed by atoms with Crippen LogP contribution in [0.2, 0.25) is 0 Å². The van der Waals surface area contributed by atoms with Crippen LogP contribution in [0.25, 0.3) is 11.5 Å². The van der Waals surface area contributed by atoms with E-state index in [2.05, 4.69) is 10.2 Å². The Kier molecular flexibility index (Phi) is 3.56. The first-order valence-electron chi connectivity index (χ1n) is 6.95. The normalized spacial score (nSPS) is 20.2. The molecule has 0 spiro atoms. The first-order valence-corrected chi connectivity index (χ1v) is 8.77. The van der Waals surface area contributed by atoms with Crippen LogP contribution in [0.3, 0.4) is 0 Å². The molecule has 0 aliphatic carbocycles. The maximum atomic E-state index is 12.8. The molecule has 1 aliphatic heterocycles. The number of hydrogen-bond donors (Lipinski definition) is 1. The maximum absolute atomic E-state index is 12.8. The predicted octanol–water partition coefficient (Wildman–Crippen LogP) is 1.24. The molecule has 0 bridgehead atoms. The highest BCUT2D eigenvalue weighted by atomic mass is 32.2. The van der Waals surface area contributed by atoms with Crippen molar-refractivity contribution in [3.05, 3.63) is 29.7 Å². The van der Waals surface area contributed by atoms with Gasteiger partial charge in [-0.2, -0.15) is 5.10 Å². The molecule has 8 heteroatoms. The number of carbonyl (C=O) groups is 1. The van der Waals surface area contributed by atoms with Gasteiger partial charge in [-0.05, 0) is 25.5 Å². The number of rotatable bonds is 3. The monoisotopic (exact) mass is 323 g/mol. The Morgan fingerprint density at radius 2 is 2.27 bits per heavy atom. The topological polar surface area (TPSA) is 96.3 Å². The molecule has 1 saturated heterocycles. The van der Waals surface area contributed by atoms with Gasteiger partial charge in [-0.15, -0.1) is 0 Å². The van der Waals surface area contributed by atoms with Crippen LogP contribution in [-0.4, -0.2) is 54.0 Å². The van der Waals surface area contributed by atoms with Crippen molar-refractivity contribution in [2.24, 2.45) is 0 Å². The Balaban J connectivity index is 1.91. The zero-order valence-electron chi connectivity index (χ0n) is 12.4. The van der Waals surface area contributed by atoms with Crippen LogP contribution in [0.4, 0.5) is 0 Å². The summed E-state index contributed by atoms with van der Waals surface area (Å²) in [6.45, 7) is 1.76. The molecule has 1 fully saturated rings. The van der Waals surface area contributed by atoms with Crippen LogP contribution in [0.1, 0.15) is 22.5 Å². The Hall–Kier alpha value is -2.09. The Morgan fingerprint density at radius 1 is 1.50 bits per heavy atom. The van der Waals surface area contributed by atoms with E-state index in [0.29, 0.717) is 29.1 Å². The molecule has 1 atom stereocenters. The molecule has 22 heavy (non-hydrogen) atoms. The lowest BCUT2D eigenvalue weighted by molar-refractivity contribution is 0.0747. The fraction of sp³-hybridized carbons (Fsp3) is 0.429. The third-order valence-corrected chi connectivity index (χ3v) is 5.74. The number of amides is 1. The van der Waals surface area contributed by atoms with Crippen LogP contribution in [0.5, 0.6) is 0 Å². The van der Waals surface area contributed by atoms with Crippen molar-refractivity contribution in [1.82, 2.24) is 15.1 Å². The molecular weight excluding hydrogens is 306 g/mol. The highest BCUT2D eigenvalue weighted by Gasteiger charge is 2.35. The molecular formula is C14H17N3O4S. The number of carbonyl (C=O) groups excluding carboxylic acids is 1. The van der Waals surface area contributed by atoms with Gasteiger partial charge in [0.15, 0.2) is 15.6 Å². The van der Waals surface area contributed by atoms with E-state index < -0.39 is 9.84 Å². The van der Waals surface area contributed by atoms with Gasteiger partial charge >= 0.3 is 0 Å². The van der Waals surface area contributed by atoms with Gasteiger partial charge in [0.1, 0.15) is 5.69 Å². The first kappa shape index (κ1) is 14.8. The van der Waals surface area contributed by atoms with Crippen molar-refractivity contribution < 1.29 is 17.6 Å². The summed E-state index contributed by atoms with van der Waals surface area (Å²) < 4.78 is 28.5. The summed E-state index contributed by atoms with van der Waals surface area (Å²) in [5, 5.41) is 6.92. The second-order valence-corrected chi connectivity index (χ2v) is 7.75. The summed E-state index contributed by atoms with van der Waals surface area (Å²) in [6.07, 6.45) is 1.98. The molecule has 0 aromatic carbocycles. The zero-order valence-corrected chi connectivity index (χ0v) is 13.2. The summed E-state index contributed by atoms with van der Waals surface area (Å²) in [4.78, 5) is 14.3. The number of aromatic amines is 1. The van der Waals surface area contributed by atoms with Gasteiger partial charge in [0.05, 0.1) is 23.3 Å². The summed E-state index contributed by atoms with van der Waals surface area (Å²) in [6, 6.07) is 3.16. The highest BCUT2D eigenvalue weighted by Crippen LogP contribution is 2.27. The van der Waals surface area contributed by atoms with E-state index >= 15 is 0 Å². The number of hydrogen-bond acceptors (Lipinski definition) is 5. The third kappa shape index (κ3) is 2.54. The molecule has 0 saturated carbocycles. The van der Waals surface area contributed by atoms with Gasteiger partial charge in [-0.1, -0.05) is 0 Å². The molecule has 1 amide bonds. The largest absolute Gasteiger partial charge is 0.463 e. The number of aryl methyl sites for hydroxylation is 1. The molecule has 1 N–H and O–H groups in total. The fourth-order valence-corrected chi connectivity index (χ4v) is 4.48. The number of nitrogens with one attached hydrogen (secondary N) is 1. The van der Waals surface area contributed by atoms with Gasteiger partial charge in [-0.3, -0.25) is 9.89 Å². The van der Waals surface area contributed by atoms with Crippen LogP contribution >= 0.6 is 0 Å². The van der Waals surface area contributed by atoms with Gasteiger partial charge < -0.3 is 9.32 Å². The predicted molar refractivity (Wildman–Crippen MR) is 80.2 cm³/mol. The van der Waals surface area contributed by atoms with Crippen molar-refractivity contribution in [2.75, 3.05) is 18.6 Å². The smallest absolute Gasteiger partial charge is 0.258 e. The first-order chi connectivity index (χ1) is 10.4. The Morgan fingerprint density at radius 3 is 2.86 bits per heavy atom. The minimum absolute atomic E-state index is 0.0161. The standard InChI is InChI=1S/C14H17N3O4S/c1-9-12(13(16-15-9)11-4-3-6-21-11)14(18)17(2)10-5-7-22(19,20)8-10/h3-4,6,10H,5,7-8H2,1-2H3,(H,15,16). The molecule has 2 aromatic rings. The fourth-order valence-electron chi connectivity index (χ4n) is 2.71. The number of nitrogens with zero attached hydrogens (tertiary/aromatic N) is 2.